The second kappa shape index (κ2) is 4.09. The van der Waals surface area contributed by atoms with Crippen molar-refractivity contribution in [3.05, 3.63) is 17.3 Å². The average molecular weight is 261 g/mol. The summed E-state index contributed by atoms with van der Waals surface area (Å²) in [5, 5.41) is 0. The molecule has 1 heterocycles. The van der Waals surface area contributed by atoms with Gasteiger partial charge in [0.2, 0.25) is 5.76 Å². The molecule has 2 unspecified atom stereocenters. The lowest BCUT2D eigenvalue weighted by molar-refractivity contribution is 0.0485. The van der Waals surface area contributed by atoms with Crippen molar-refractivity contribution in [3.63, 3.8) is 0 Å². The molecule has 0 saturated heterocycles. The Labute approximate surface area is 112 Å². The molecule has 1 aromatic heterocycles. The van der Waals surface area contributed by atoms with Crippen molar-refractivity contribution in [2.45, 2.75) is 50.9 Å². The van der Waals surface area contributed by atoms with Crippen LogP contribution in [0.4, 0.5) is 0 Å². The number of fused-ring (bicyclic) bond motifs is 1. The molecule has 3 fully saturated rings. The minimum atomic E-state index is -0.341. The summed E-state index contributed by atoms with van der Waals surface area (Å²) in [7, 11) is 0. The lowest BCUT2D eigenvalue weighted by Gasteiger charge is -2.05. The predicted molar refractivity (Wildman–Crippen MR) is 68.0 cm³/mol. The largest absolute Gasteiger partial charge is 0.460 e. The van der Waals surface area contributed by atoms with Gasteiger partial charge in [0.05, 0.1) is 12.3 Å². The highest BCUT2D eigenvalue weighted by molar-refractivity contribution is 5.87. The molecular weight excluding hydrogens is 242 g/mol. The van der Waals surface area contributed by atoms with Crippen molar-refractivity contribution in [1.29, 1.82) is 0 Å². The molecule has 3 aliphatic carbocycles. The van der Waals surface area contributed by atoms with Gasteiger partial charge in [0.25, 0.3) is 0 Å². The van der Waals surface area contributed by atoms with Crippen LogP contribution < -0.4 is 0 Å². The first-order valence-electron chi connectivity index (χ1n) is 7.44. The molecule has 0 aromatic carbocycles. The van der Waals surface area contributed by atoms with E-state index in [1.165, 1.54) is 19.3 Å². The summed E-state index contributed by atoms with van der Waals surface area (Å²) in [6, 6.07) is 0. The standard InChI is InChI=1S/C15H19NO3/c1-2-18-15(17)13-12(8-3-4-8)16-14(19-13)11-6-9-5-10(9)7-11/h8-11H,2-7H2,1H3. The number of esters is 1. The smallest absolute Gasteiger partial charge is 0.376 e. The summed E-state index contributed by atoms with van der Waals surface area (Å²) in [5.41, 5.74) is 0.856. The van der Waals surface area contributed by atoms with E-state index in [4.69, 9.17) is 9.15 Å². The molecule has 3 aliphatic rings. The summed E-state index contributed by atoms with van der Waals surface area (Å²) in [6.45, 7) is 2.20. The Hall–Kier alpha value is -1.32. The highest BCUT2D eigenvalue weighted by Gasteiger charge is 2.48. The highest BCUT2D eigenvalue weighted by atomic mass is 16.5. The molecule has 0 N–H and O–H groups in total. The zero-order valence-corrected chi connectivity index (χ0v) is 11.2. The Bertz CT molecular complexity index is 507. The van der Waals surface area contributed by atoms with E-state index in [0.717, 1.165) is 36.3 Å². The van der Waals surface area contributed by atoms with Crippen LogP contribution in [0.25, 0.3) is 0 Å². The SMILES string of the molecule is CCOC(=O)c1oc(C2CC3CC3C2)nc1C1CC1. The van der Waals surface area contributed by atoms with Gasteiger partial charge in [-0.1, -0.05) is 0 Å². The maximum absolute atomic E-state index is 11.9. The van der Waals surface area contributed by atoms with Gasteiger partial charge in [0.1, 0.15) is 0 Å². The molecule has 0 spiro atoms. The third-order valence-corrected chi connectivity index (χ3v) is 4.69. The normalized spacial score (nSPS) is 32.2. The van der Waals surface area contributed by atoms with Crippen LogP contribution in [0.2, 0.25) is 0 Å². The lowest BCUT2D eigenvalue weighted by Crippen LogP contribution is -2.05. The van der Waals surface area contributed by atoms with Crippen LogP contribution in [0.3, 0.4) is 0 Å². The summed E-state index contributed by atoms with van der Waals surface area (Å²) in [4.78, 5) is 16.6. The van der Waals surface area contributed by atoms with E-state index in [1.807, 2.05) is 6.92 Å². The van der Waals surface area contributed by atoms with Crippen molar-refractivity contribution < 1.29 is 13.9 Å². The average Bonchev–Trinajstić information content (AvgIpc) is 3.30. The molecule has 2 atom stereocenters. The van der Waals surface area contributed by atoms with Crippen molar-refractivity contribution in [2.75, 3.05) is 6.61 Å². The van der Waals surface area contributed by atoms with Crippen molar-refractivity contribution in [1.82, 2.24) is 4.98 Å². The van der Waals surface area contributed by atoms with Crippen LogP contribution in [-0.2, 0) is 4.74 Å². The van der Waals surface area contributed by atoms with E-state index in [0.29, 0.717) is 24.2 Å². The molecule has 3 saturated carbocycles. The molecule has 0 amide bonds. The van der Waals surface area contributed by atoms with E-state index >= 15 is 0 Å². The number of carbonyl (C=O) groups excluding carboxylic acids is 1. The zero-order valence-electron chi connectivity index (χ0n) is 11.2. The number of aromatic nitrogens is 1. The fourth-order valence-electron chi connectivity index (χ4n) is 3.42. The van der Waals surface area contributed by atoms with E-state index in [2.05, 4.69) is 4.98 Å². The van der Waals surface area contributed by atoms with E-state index in [9.17, 15) is 4.79 Å². The quantitative estimate of drug-likeness (QED) is 0.781. The zero-order chi connectivity index (χ0) is 13.0. The van der Waals surface area contributed by atoms with Crippen LogP contribution in [-0.4, -0.2) is 17.6 Å². The summed E-state index contributed by atoms with van der Waals surface area (Å²) < 4.78 is 10.9. The van der Waals surface area contributed by atoms with Crippen LogP contribution >= 0.6 is 0 Å². The van der Waals surface area contributed by atoms with Gasteiger partial charge in [-0.3, -0.25) is 0 Å². The van der Waals surface area contributed by atoms with Crippen LogP contribution in [0.15, 0.2) is 4.42 Å². The predicted octanol–water partition coefficient (Wildman–Crippen LogP) is 3.24. The van der Waals surface area contributed by atoms with E-state index in [1.54, 1.807) is 0 Å². The first-order chi connectivity index (χ1) is 9.26. The van der Waals surface area contributed by atoms with Crippen LogP contribution in [0, 0.1) is 11.8 Å². The first kappa shape index (κ1) is 11.5. The number of nitrogens with zero attached hydrogens (tertiary/aromatic N) is 1. The van der Waals surface area contributed by atoms with Crippen molar-refractivity contribution in [3.8, 4) is 0 Å². The maximum Gasteiger partial charge on any atom is 0.376 e. The molecule has 0 aliphatic heterocycles. The summed E-state index contributed by atoms with van der Waals surface area (Å²) in [5.74, 6) is 3.47. The van der Waals surface area contributed by atoms with Gasteiger partial charge in [-0.05, 0) is 50.9 Å². The second-order valence-electron chi connectivity index (χ2n) is 6.19. The molecule has 4 nitrogen and oxygen atoms in total. The third-order valence-electron chi connectivity index (χ3n) is 4.69. The Morgan fingerprint density at radius 2 is 2.00 bits per heavy atom. The Morgan fingerprint density at radius 1 is 1.26 bits per heavy atom. The molecule has 4 heteroatoms. The van der Waals surface area contributed by atoms with Gasteiger partial charge < -0.3 is 9.15 Å². The second-order valence-corrected chi connectivity index (χ2v) is 6.19. The van der Waals surface area contributed by atoms with E-state index in [-0.39, 0.29) is 5.97 Å². The van der Waals surface area contributed by atoms with E-state index < -0.39 is 0 Å². The monoisotopic (exact) mass is 261 g/mol. The van der Waals surface area contributed by atoms with Crippen molar-refractivity contribution in [2.24, 2.45) is 11.8 Å². The van der Waals surface area contributed by atoms with Crippen LogP contribution in [0.1, 0.15) is 73.0 Å². The lowest BCUT2D eigenvalue weighted by atomic mass is 10.0. The molecular formula is C15H19NO3. The topological polar surface area (TPSA) is 52.3 Å². The number of rotatable bonds is 4. The summed E-state index contributed by atoms with van der Waals surface area (Å²) >= 11 is 0. The first-order valence-corrected chi connectivity index (χ1v) is 7.44. The number of oxazole rings is 1. The molecule has 102 valence electrons. The fraction of sp³-hybridized carbons (Fsp3) is 0.733. The number of ether oxygens (including phenoxy) is 1. The van der Waals surface area contributed by atoms with Crippen molar-refractivity contribution >= 4 is 5.97 Å². The van der Waals surface area contributed by atoms with Gasteiger partial charge in [-0.25, -0.2) is 9.78 Å². The Balaban J connectivity index is 1.61. The van der Waals surface area contributed by atoms with Gasteiger partial charge >= 0.3 is 5.97 Å². The minimum absolute atomic E-state index is 0.341. The Kier molecular flexibility index (Phi) is 2.47. The van der Waals surface area contributed by atoms with Gasteiger partial charge in [-0.2, -0.15) is 0 Å². The third kappa shape index (κ3) is 1.97. The molecule has 1 aromatic rings. The fourth-order valence-corrected chi connectivity index (χ4v) is 3.42. The number of carbonyl (C=O) groups is 1. The Morgan fingerprint density at radius 3 is 2.63 bits per heavy atom. The maximum atomic E-state index is 11.9. The van der Waals surface area contributed by atoms with Gasteiger partial charge in [0.15, 0.2) is 5.89 Å². The van der Waals surface area contributed by atoms with Gasteiger partial charge in [0, 0.05) is 11.8 Å². The number of hydrogen-bond donors (Lipinski definition) is 0. The minimum Gasteiger partial charge on any atom is -0.460 e. The highest BCUT2D eigenvalue weighted by Crippen LogP contribution is 2.57. The van der Waals surface area contributed by atoms with Crippen LogP contribution in [0.5, 0.6) is 0 Å². The molecule has 4 rings (SSSR count). The summed E-state index contributed by atoms with van der Waals surface area (Å²) in [6.07, 6.45) is 6.01. The molecule has 0 bridgehead atoms. The van der Waals surface area contributed by atoms with Gasteiger partial charge in [-0.15, -0.1) is 0 Å². The molecule has 19 heavy (non-hydrogen) atoms. The molecule has 0 radical (unpaired) electrons. The number of hydrogen-bond acceptors (Lipinski definition) is 4.